The van der Waals surface area contributed by atoms with Crippen molar-refractivity contribution in [2.24, 2.45) is 0 Å². The number of benzene rings is 1. The van der Waals surface area contributed by atoms with E-state index < -0.39 is 14.8 Å². The summed E-state index contributed by atoms with van der Waals surface area (Å²) in [4.78, 5) is 9.99. The lowest BCUT2D eigenvalue weighted by atomic mass is 10.2. The summed E-state index contributed by atoms with van der Waals surface area (Å²) in [5, 5.41) is 13.5. The number of anilines is 1. The summed E-state index contributed by atoms with van der Waals surface area (Å²) in [5.74, 6) is 0.153. The third kappa shape index (κ3) is 4.33. The van der Waals surface area contributed by atoms with E-state index in [1.54, 1.807) is 26.0 Å². The van der Waals surface area contributed by atoms with Gasteiger partial charge in [-0.15, -0.1) is 0 Å². The number of non-ortho nitro benzene ring substituents is 1. The molecule has 1 N–H and O–H groups in total. The minimum absolute atomic E-state index is 0.00869. The number of rotatable bonds is 6. The Morgan fingerprint density at radius 3 is 2.33 bits per heavy atom. The zero-order valence-electron chi connectivity index (χ0n) is 10.3. The van der Waals surface area contributed by atoms with Gasteiger partial charge < -0.3 is 5.32 Å². The highest BCUT2D eigenvalue weighted by atomic mass is 32.2. The SMILES string of the molecule is CCS(=O)(=O)CC(C)Nc1ccc([N+](=O)[O-])cc1. The molecule has 0 saturated heterocycles. The topological polar surface area (TPSA) is 89.3 Å². The first-order valence-electron chi connectivity index (χ1n) is 5.55. The Morgan fingerprint density at radius 2 is 1.89 bits per heavy atom. The van der Waals surface area contributed by atoms with E-state index in [1.807, 2.05) is 0 Å². The Balaban J connectivity index is 2.65. The van der Waals surface area contributed by atoms with E-state index in [-0.39, 0.29) is 23.2 Å². The molecule has 0 heterocycles. The van der Waals surface area contributed by atoms with Gasteiger partial charge in [-0.3, -0.25) is 10.1 Å². The number of sulfone groups is 1. The molecule has 0 saturated carbocycles. The van der Waals surface area contributed by atoms with Crippen molar-refractivity contribution in [3.8, 4) is 0 Å². The standard InChI is InChI=1S/C11H16N2O4S/c1-3-18(16,17)8-9(2)12-10-4-6-11(7-5-10)13(14)15/h4-7,9,12H,3,8H2,1-2H3. The van der Waals surface area contributed by atoms with Crippen LogP contribution < -0.4 is 5.32 Å². The molecule has 0 fully saturated rings. The van der Waals surface area contributed by atoms with Gasteiger partial charge in [-0.25, -0.2) is 8.42 Å². The van der Waals surface area contributed by atoms with Crippen LogP contribution in [0, 0.1) is 10.1 Å². The molecule has 7 heteroatoms. The number of nitrogens with zero attached hydrogens (tertiary/aromatic N) is 1. The van der Waals surface area contributed by atoms with Crippen LogP contribution >= 0.6 is 0 Å². The fourth-order valence-electron chi connectivity index (χ4n) is 1.50. The Labute approximate surface area is 106 Å². The number of nitro benzene ring substituents is 1. The van der Waals surface area contributed by atoms with E-state index in [0.29, 0.717) is 5.69 Å². The van der Waals surface area contributed by atoms with Crippen LogP contribution in [0.2, 0.25) is 0 Å². The van der Waals surface area contributed by atoms with Gasteiger partial charge in [0.2, 0.25) is 0 Å². The molecule has 0 radical (unpaired) electrons. The highest BCUT2D eigenvalue weighted by molar-refractivity contribution is 7.91. The van der Waals surface area contributed by atoms with Crippen LogP contribution in [0.4, 0.5) is 11.4 Å². The number of nitro groups is 1. The first-order chi connectivity index (χ1) is 8.34. The molecule has 1 aromatic rings. The summed E-state index contributed by atoms with van der Waals surface area (Å²) in [6.45, 7) is 3.36. The van der Waals surface area contributed by atoms with Gasteiger partial charge in [0.25, 0.3) is 5.69 Å². The van der Waals surface area contributed by atoms with Crippen molar-refractivity contribution in [1.29, 1.82) is 0 Å². The molecule has 1 atom stereocenters. The molecule has 0 aliphatic heterocycles. The predicted molar refractivity (Wildman–Crippen MR) is 70.5 cm³/mol. The van der Waals surface area contributed by atoms with Crippen LogP contribution in [0.15, 0.2) is 24.3 Å². The zero-order valence-corrected chi connectivity index (χ0v) is 11.1. The highest BCUT2D eigenvalue weighted by Gasteiger charge is 2.13. The highest BCUT2D eigenvalue weighted by Crippen LogP contribution is 2.16. The summed E-state index contributed by atoms with van der Waals surface area (Å²) in [6.07, 6.45) is 0. The summed E-state index contributed by atoms with van der Waals surface area (Å²) in [5.41, 5.74) is 0.675. The van der Waals surface area contributed by atoms with E-state index in [2.05, 4.69) is 5.32 Å². The van der Waals surface area contributed by atoms with Crippen molar-refractivity contribution in [3.05, 3.63) is 34.4 Å². The van der Waals surface area contributed by atoms with Gasteiger partial charge in [0.15, 0.2) is 9.84 Å². The average molecular weight is 272 g/mol. The first kappa shape index (κ1) is 14.4. The van der Waals surface area contributed by atoms with Gasteiger partial charge in [-0.1, -0.05) is 6.92 Å². The minimum Gasteiger partial charge on any atom is -0.382 e. The molecular weight excluding hydrogens is 256 g/mol. The van der Waals surface area contributed by atoms with Crippen molar-refractivity contribution in [3.63, 3.8) is 0 Å². The molecule has 18 heavy (non-hydrogen) atoms. The molecule has 1 unspecified atom stereocenters. The maximum atomic E-state index is 11.4. The van der Waals surface area contributed by atoms with Crippen molar-refractivity contribution in [1.82, 2.24) is 0 Å². The maximum Gasteiger partial charge on any atom is 0.269 e. The largest absolute Gasteiger partial charge is 0.382 e. The minimum atomic E-state index is -3.03. The third-order valence-corrected chi connectivity index (χ3v) is 4.32. The average Bonchev–Trinajstić information content (AvgIpc) is 2.29. The van der Waals surface area contributed by atoms with Crippen LogP contribution in [-0.4, -0.2) is 30.9 Å². The Bertz CT molecular complexity index is 510. The molecule has 6 nitrogen and oxygen atoms in total. The van der Waals surface area contributed by atoms with E-state index in [0.717, 1.165) is 0 Å². The molecule has 0 amide bonds. The van der Waals surface area contributed by atoms with Crippen molar-refractivity contribution >= 4 is 21.2 Å². The summed E-state index contributed by atoms with van der Waals surface area (Å²) >= 11 is 0. The quantitative estimate of drug-likeness (QED) is 0.630. The van der Waals surface area contributed by atoms with Gasteiger partial charge in [0.05, 0.1) is 10.7 Å². The number of hydrogen-bond acceptors (Lipinski definition) is 5. The van der Waals surface area contributed by atoms with Gasteiger partial charge in [0, 0.05) is 29.6 Å². The normalized spacial score (nSPS) is 13.0. The predicted octanol–water partition coefficient (Wildman–Crippen LogP) is 1.83. The Morgan fingerprint density at radius 1 is 1.33 bits per heavy atom. The molecular formula is C11H16N2O4S. The van der Waals surface area contributed by atoms with E-state index in [9.17, 15) is 18.5 Å². The maximum absolute atomic E-state index is 11.4. The zero-order chi connectivity index (χ0) is 13.8. The number of nitrogens with one attached hydrogen (secondary N) is 1. The van der Waals surface area contributed by atoms with Crippen LogP contribution in [0.25, 0.3) is 0 Å². The Kier molecular flexibility index (Phi) is 4.66. The second-order valence-electron chi connectivity index (χ2n) is 4.05. The lowest BCUT2D eigenvalue weighted by molar-refractivity contribution is -0.384. The van der Waals surface area contributed by atoms with Crippen molar-refractivity contribution in [2.45, 2.75) is 19.9 Å². The van der Waals surface area contributed by atoms with Crippen LogP contribution in [-0.2, 0) is 9.84 Å². The van der Waals surface area contributed by atoms with E-state index >= 15 is 0 Å². The molecule has 0 bridgehead atoms. The Hall–Kier alpha value is -1.63. The molecule has 100 valence electrons. The van der Waals surface area contributed by atoms with Gasteiger partial charge in [0.1, 0.15) is 0 Å². The van der Waals surface area contributed by atoms with Gasteiger partial charge in [-0.05, 0) is 19.1 Å². The summed E-state index contributed by atoms with van der Waals surface area (Å²) < 4.78 is 22.8. The smallest absolute Gasteiger partial charge is 0.269 e. The first-order valence-corrected chi connectivity index (χ1v) is 7.37. The van der Waals surface area contributed by atoms with Crippen LogP contribution in [0.1, 0.15) is 13.8 Å². The van der Waals surface area contributed by atoms with E-state index in [1.165, 1.54) is 12.1 Å². The molecule has 0 aliphatic carbocycles. The summed E-state index contributed by atoms with van der Waals surface area (Å²) in [6, 6.07) is 5.64. The second-order valence-corrected chi connectivity index (χ2v) is 6.45. The molecule has 0 spiro atoms. The van der Waals surface area contributed by atoms with Crippen LogP contribution in [0.3, 0.4) is 0 Å². The van der Waals surface area contributed by atoms with E-state index in [4.69, 9.17) is 0 Å². The van der Waals surface area contributed by atoms with Gasteiger partial charge in [-0.2, -0.15) is 0 Å². The molecule has 1 aromatic carbocycles. The fraction of sp³-hybridized carbons (Fsp3) is 0.455. The van der Waals surface area contributed by atoms with Crippen molar-refractivity contribution in [2.75, 3.05) is 16.8 Å². The summed E-state index contributed by atoms with van der Waals surface area (Å²) in [7, 11) is -3.03. The third-order valence-electron chi connectivity index (χ3n) is 2.43. The van der Waals surface area contributed by atoms with Crippen LogP contribution in [0.5, 0.6) is 0 Å². The molecule has 0 aliphatic rings. The van der Waals surface area contributed by atoms with Crippen molar-refractivity contribution < 1.29 is 13.3 Å². The fourth-order valence-corrected chi connectivity index (χ4v) is 2.59. The number of hydrogen-bond donors (Lipinski definition) is 1. The molecule has 0 aromatic heterocycles. The lowest BCUT2D eigenvalue weighted by Crippen LogP contribution is -2.26. The lowest BCUT2D eigenvalue weighted by Gasteiger charge is -2.14. The second kappa shape index (κ2) is 5.81. The van der Waals surface area contributed by atoms with Gasteiger partial charge >= 0.3 is 0 Å². The monoisotopic (exact) mass is 272 g/mol. The molecule has 1 rings (SSSR count).